The molecule has 0 spiro atoms. The summed E-state index contributed by atoms with van der Waals surface area (Å²) in [4.78, 5) is 0. The minimum atomic E-state index is -0.0871. The fourth-order valence-corrected chi connectivity index (χ4v) is 2.21. The molecule has 0 aliphatic carbocycles. The summed E-state index contributed by atoms with van der Waals surface area (Å²) in [5, 5.41) is 8.06. The highest BCUT2D eigenvalue weighted by molar-refractivity contribution is 5.37. The Balaban J connectivity index is 2.04. The van der Waals surface area contributed by atoms with Gasteiger partial charge in [-0.3, -0.25) is 0 Å². The molecular formula is C15H22N4O. The van der Waals surface area contributed by atoms with Gasteiger partial charge in [0.25, 0.3) is 0 Å². The number of aromatic nitrogens is 3. The largest absolute Gasteiger partial charge is 0.491 e. The molecule has 2 rings (SSSR count). The lowest BCUT2D eigenvalue weighted by Gasteiger charge is -2.20. The summed E-state index contributed by atoms with van der Waals surface area (Å²) in [6.07, 6.45) is 0. The van der Waals surface area contributed by atoms with Crippen LogP contribution in [0.5, 0.6) is 5.75 Å². The van der Waals surface area contributed by atoms with Crippen LogP contribution < -0.4 is 10.5 Å². The van der Waals surface area contributed by atoms with Crippen LogP contribution in [0.15, 0.2) is 24.3 Å². The molecular weight excluding hydrogens is 252 g/mol. The van der Waals surface area contributed by atoms with Crippen LogP contribution in [0.1, 0.15) is 32.0 Å². The Labute approximate surface area is 119 Å². The topological polar surface area (TPSA) is 66.0 Å². The molecule has 5 nitrogen and oxygen atoms in total. The highest BCUT2D eigenvalue weighted by Crippen LogP contribution is 2.25. The Kier molecular flexibility index (Phi) is 3.97. The van der Waals surface area contributed by atoms with E-state index in [0.717, 1.165) is 17.0 Å². The number of nitrogens with two attached hydrogens (primary N) is 1. The van der Waals surface area contributed by atoms with Gasteiger partial charge in [-0.05, 0) is 18.6 Å². The van der Waals surface area contributed by atoms with Gasteiger partial charge in [0, 0.05) is 5.41 Å². The average molecular weight is 274 g/mol. The molecule has 108 valence electrons. The number of nitrogens with zero attached hydrogens (tertiary/aromatic N) is 3. The molecule has 1 heterocycles. The smallest absolute Gasteiger partial charge is 0.169 e. The van der Waals surface area contributed by atoms with Crippen LogP contribution in [0.25, 0.3) is 0 Å². The molecule has 0 radical (unpaired) electrons. The van der Waals surface area contributed by atoms with Gasteiger partial charge in [0.1, 0.15) is 12.4 Å². The zero-order valence-corrected chi connectivity index (χ0v) is 12.6. The number of anilines is 1. The predicted molar refractivity (Wildman–Crippen MR) is 79.8 cm³/mol. The second kappa shape index (κ2) is 5.53. The number of hydrogen-bond donors (Lipinski definition) is 1. The third kappa shape index (κ3) is 3.10. The summed E-state index contributed by atoms with van der Waals surface area (Å²) in [5.74, 6) is 1.39. The van der Waals surface area contributed by atoms with E-state index in [0.29, 0.717) is 19.0 Å². The van der Waals surface area contributed by atoms with Gasteiger partial charge in [-0.15, -0.1) is 5.10 Å². The average Bonchev–Trinajstić information content (AvgIpc) is 2.73. The molecule has 0 bridgehead atoms. The monoisotopic (exact) mass is 274 g/mol. The van der Waals surface area contributed by atoms with Crippen LogP contribution in [0, 0.1) is 6.92 Å². The van der Waals surface area contributed by atoms with E-state index in [-0.39, 0.29) is 5.41 Å². The molecule has 20 heavy (non-hydrogen) atoms. The van der Waals surface area contributed by atoms with Gasteiger partial charge in [-0.2, -0.15) is 0 Å². The zero-order valence-electron chi connectivity index (χ0n) is 12.6. The van der Waals surface area contributed by atoms with Crippen LogP contribution in [0.3, 0.4) is 0 Å². The van der Waals surface area contributed by atoms with Crippen molar-refractivity contribution >= 4 is 5.82 Å². The van der Waals surface area contributed by atoms with Gasteiger partial charge in [0.2, 0.25) is 0 Å². The van der Waals surface area contributed by atoms with Gasteiger partial charge in [-0.25, -0.2) is 4.68 Å². The third-order valence-electron chi connectivity index (χ3n) is 3.13. The lowest BCUT2D eigenvalue weighted by atomic mass is 9.92. The summed E-state index contributed by atoms with van der Waals surface area (Å²) >= 11 is 0. The molecule has 1 aromatic carbocycles. The van der Waals surface area contributed by atoms with Gasteiger partial charge in [0.05, 0.1) is 12.2 Å². The van der Waals surface area contributed by atoms with E-state index in [9.17, 15) is 0 Å². The number of nitrogen functional groups attached to an aromatic ring is 1. The van der Waals surface area contributed by atoms with Crippen LogP contribution in [-0.4, -0.2) is 21.6 Å². The highest BCUT2D eigenvalue weighted by atomic mass is 16.5. The first-order valence-electron chi connectivity index (χ1n) is 6.77. The van der Waals surface area contributed by atoms with E-state index in [1.807, 2.05) is 35.9 Å². The Morgan fingerprint density at radius 3 is 2.60 bits per heavy atom. The summed E-state index contributed by atoms with van der Waals surface area (Å²) in [6, 6.07) is 7.97. The van der Waals surface area contributed by atoms with E-state index in [2.05, 4.69) is 31.1 Å². The first kappa shape index (κ1) is 14.4. The molecule has 0 saturated carbocycles. The van der Waals surface area contributed by atoms with E-state index >= 15 is 0 Å². The van der Waals surface area contributed by atoms with Crippen molar-refractivity contribution in [3.05, 3.63) is 35.5 Å². The standard InChI is InChI=1S/C15H22N4O/c1-11-7-5-6-8-12(11)20-10-9-19-13(15(2,3)4)14(16)17-18-19/h5-8H,9-10,16H2,1-4H3. The number of aryl methyl sites for hydroxylation is 1. The number of benzene rings is 1. The van der Waals surface area contributed by atoms with Gasteiger partial charge >= 0.3 is 0 Å². The fourth-order valence-electron chi connectivity index (χ4n) is 2.21. The molecule has 5 heteroatoms. The van der Waals surface area contributed by atoms with Crippen LogP contribution >= 0.6 is 0 Å². The minimum absolute atomic E-state index is 0.0871. The maximum Gasteiger partial charge on any atom is 0.169 e. The molecule has 2 aromatic rings. The van der Waals surface area contributed by atoms with E-state index in [1.54, 1.807) is 0 Å². The lowest BCUT2D eigenvalue weighted by molar-refractivity contribution is 0.282. The fraction of sp³-hybridized carbons (Fsp3) is 0.467. The highest BCUT2D eigenvalue weighted by Gasteiger charge is 2.23. The number of rotatable bonds is 4. The van der Waals surface area contributed by atoms with E-state index in [4.69, 9.17) is 10.5 Å². The van der Waals surface area contributed by atoms with Crippen molar-refractivity contribution in [2.45, 2.75) is 39.7 Å². The number of para-hydroxylation sites is 1. The molecule has 0 fully saturated rings. The molecule has 2 N–H and O–H groups in total. The van der Waals surface area contributed by atoms with Crippen molar-refractivity contribution in [3.63, 3.8) is 0 Å². The minimum Gasteiger partial charge on any atom is -0.491 e. The quantitative estimate of drug-likeness (QED) is 0.930. The summed E-state index contributed by atoms with van der Waals surface area (Å²) < 4.78 is 7.62. The van der Waals surface area contributed by atoms with Crippen molar-refractivity contribution < 1.29 is 4.74 Å². The summed E-state index contributed by atoms with van der Waals surface area (Å²) in [6.45, 7) is 9.49. The van der Waals surface area contributed by atoms with Crippen molar-refractivity contribution in [1.82, 2.24) is 15.0 Å². The Bertz CT molecular complexity index is 584. The molecule has 0 atom stereocenters. The van der Waals surface area contributed by atoms with Crippen molar-refractivity contribution in [1.29, 1.82) is 0 Å². The third-order valence-corrected chi connectivity index (χ3v) is 3.13. The maximum absolute atomic E-state index is 5.90. The molecule has 0 unspecified atom stereocenters. The van der Waals surface area contributed by atoms with Gasteiger partial charge < -0.3 is 10.5 Å². The lowest BCUT2D eigenvalue weighted by Crippen LogP contribution is -2.22. The zero-order chi connectivity index (χ0) is 14.8. The van der Waals surface area contributed by atoms with Crippen molar-refractivity contribution in [2.24, 2.45) is 0 Å². The predicted octanol–water partition coefficient (Wildman–Crippen LogP) is 2.55. The van der Waals surface area contributed by atoms with Crippen molar-refractivity contribution in [2.75, 3.05) is 12.3 Å². The van der Waals surface area contributed by atoms with Gasteiger partial charge in [-0.1, -0.05) is 44.2 Å². The molecule has 0 aliphatic rings. The molecule has 0 aliphatic heterocycles. The number of hydrogen-bond acceptors (Lipinski definition) is 4. The second-order valence-corrected chi connectivity index (χ2v) is 5.91. The van der Waals surface area contributed by atoms with Crippen LogP contribution in [0.4, 0.5) is 5.82 Å². The van der Waals surface area contributed by atoms with E-state index in [1.165, 1.54) is 0 Å². The summed E-state index contributed by atoms with van der Waals surface area (Å²) in [7, 11) is 0. The summed E-state index contributed by atoms with van der Waals surface area (Å²) in [5.41, 5.74) is 7.89. The molecule has 0 amide bonds. The maximum atomic E-state index is 5.90. The van der Waals surface area contributed by atoms with Crippen LogP contribution in [0.2, 0.25) is 0 Å². The molecule has 0 saturated heterocycles. The van der Waals surface area contributed by atoms with Crippen molar-refractivity contribution in [3.8, 4) is 5.75 Å². The second-order valence-electron chi connectivity index (χ2n) is 5.91. The first-order chi connectivity index (χ1) is 9.39. The Morgan fingerprint density at radius 2 is 1.95 bits per heavy atom. The van der Waals surface area contributed by atoms with Crippen LogP contribution in [-0.2, 0) is 12.0 Å². The first-order valence-corrected chi connectivity index (χ1v) is 6.77. The number of ether oxygens (including phenoxy) is 1. The molecule has 1 aromatic heterocycles. The SMILES string of the molecule is Cc1ccccc1OCCn1nnc(N)c1C(C)(C)C. The van der Waals surface area contributed by atoms with Gasteiger partial charge in [0.15, 0.2) is 5.82 Å². The Hall–Kier alpha value is -2.04. The van der Waals surface area contributed by atoms with E-state index < -0.39 is 0 Å². The Morgan fingerprint density at radius 1 is 1.25 bits per heavy atom. The normalized spacial score (nSPS) is 11.6.